The molecule has 1 unspecified atom stereocenters. The van der Waals surface area contributed by atoms with E-state index in [1.165, 1.54) is 10.9 Å². The molecule has 1 aliphatic carbocycles. The molecule has 0 radical (unpaired) electrons. The molecule has 1 aliphatic rings. The van der Waals surface area contributed by atoms with Crippen molar-refractivity contribution < 1.29 is 18.0 Å². The van der Waals surface area contributed by atoms with Gasteiger partial charge < -0.3 is 11.1 Å². The highest BCUT2D eigenvalue weighted by Crippen LogP contribution is 2.27. The molecular weight excluding hydrogens is 261 g/mol. The predicted molar refractivity (Wildman–Crippen MR) is 61.0 cm³/mol. The Bertz CT molecular complexity index is 453. The van der Waals surface area contributed by atoms with Crippen LogP contribution in [0.25, 0.3) is 0 Å². The van der Waals surface area contributed by atoms with Gasteiger partial charge >= 0.3 is 6.18 Å². The third-order valence-corrected chi connectivity index (χ3v) is 2.94. The van der Waals surface area contributed by atoms with Crippen LogP contribution in [0.15, 0.2) is 12.3 Å². The summed E-state index contributed by atoms with van der Waals surface area (Å²) >= 11 is 0. The molecule has 1 fully saturated rings. The summed E-state index contributed by atoms with van der Waals surface area (Å²) in [5, 5.41) is 6.48. The lowest BCUT2D eigenvalue weighted by Gasteiger charge is -2.14. The van der Waals surface area contributed by atoms with E-state index in [1.807, 2.05) is 0 Å². The molecule has 0 aliphatic heterocycles. The first-order chi connectivity index (χ1) is 8.86. The number of carbonyl (C=O) groups is 1. The SMILES string of the molecule is NC(=O)C(CCn1ccc(C(F)(F)F)n1)NC1CC1. The lowest BCUT2D eigenvalue weighted by Crippen LogP contribution is -2.43. The monoisotopic (exact) mass is 276 g/mol. The number of halogens is 3. The molecule has 0 bridgehead atoms. The number of hydrogen-bond acceptors (Lipinski definition) is 3. The van der Waals surface area contributed by atoms with Gasteiger partial charge in [0.2, 0.25) is 5.91 Å². The van der Waals surface area contributed by atoms with Crippen LogP contribution in [0.4, 0.5) is 13.2 Å². The van der Waals surface area contributed by atoms with Crippen LogP contribution in [0.1, 0.15) is 25.0 Å². The van der Waals surface area contributed by atoms with Gasteiger partial charge in [0.15, 0.2) is 5.69 Å². The Balaban J connectivity index is 1.89. The molecule has 2 rings (SSSR count). The number of nitrogens with one attached hydrogen (secondary N) is 1. The first kappa shape index (κ1) is 13.9. The van der Waals surface area contributed by atoms with Crippen LogP contribution in [0.5, 0.6) is 0 Å². The molecular formula is C11H15F3N4O. The quantitative estimate of drug-likeness (QED) is 0.810. The number of carbonyl (C=O) groups excluding carboxylic acids is 1. The smallest absolute Gasteiger partial charge is 0.368 e. The Hall–Kier alpha value is -1.57. The molecule has 0 saturated heterocycles. The zero-order valence-electron chi connectivity index (χ0n) is 10.2. The third kappa shape index (κ3) is 3.95. The van der Waals surface area contributed by atoms with Crippen molar-refractivity contribution >= 4 is 5.91 Å². The summed E-state index contributed by atoms with van der Waals surface area (Å²) in [5.41, 5.74) is 4.31. The molecule has 0 aromatic carbocycles. The van der Waals surface area contributed by atoms with Crippen molar-refractivity contribution in [2.45, 2.75) is 44.1 Å². The van der Waals surface area contributed by atoms with E-state index in [-0.39, 0.29) is 6.54 Å². The zero-order valence-corrected chi connectivity index (χ0v) is 10.2. The highest BCUT2D eigenvalue weighted by atomic mass is 19.4. The van der Waals surface area contributed by atoms with Crippen molar-refractivity contribution in [1.29, 1.82) is 0 Å². The van der Waals surface area contributed by atoms with Gasteiger partial charge in [0.1, 0.15) is 0 Å². The topological polar surface area (TPSA) is 72.9 Å². The third-order valence-electron chi connectivity index (χ3n) is 2.94. The van der Waals surface area contributed by atoms with E-state index in [2.05, 4.69) is 10.4 Å². The summed E-state index contributed by atoms with van der Waals surface area (Å²) in [6, 6.07) is 0.694. The fraction of sp³-hybridized carbons (Fsp3) is 0.636. The maximum absolute atomic E-state index is 12.3. The van der Waals surface area contributed by atoms with E-state index in [9.17, 15) is 18.0 Å². The zero-order chi connectivity index (χ0) is 14.0. The number of nitrogens with zero attached hydrogens (tertiary/aromatic N) is 2. The first-order valence-corrected chi connectivity index (χ1v) is 6.02. The Labute approximate surface area is 108 Å². The second kappa shape index (κ2) is 5.20. The van der Waals surface area contributed by atoms with Crippen LogP contribution in [0, 0.1) is 0 Å². The number of nitrogens with two attached hydrogens (primary N) is 1. The lowest BCUT2D eigenvalue weighted by atomic mass is 10.2. The maximum Gasteiger partial charge on any atom is 0.435 e. The summed E-state index contributed by atoms with van der Waals surface area (Å²) < 4.78 is 38.2. The van der Waals surface area contributed by atoms with E-state index >= 15 is 0 Å². The fourth-order valence-electron chi connectivity index (χ4n) is 1.74. The fourth-order valence-corrected chi connectivity index (χ4v) is 1.74. The van der Waals surface area contributed by atoms with Crippen molar-refractivity contribution in [2.75, 3.05) is 0 Å². The van der Waals surface area contributed by atoms with Crippen LogP contribution in [-0.2, 0) is 17.5 Å². The molecule has 1 aromatic heterocycles. The summed E-state index contributed by atoms with van der Waals surface area (Å²) in [7, 11) is 0. The summed E-state index contributed by atoms with van der Waals surface area (Å²) in [5.74, 6) is -0.491. The molecule has 8 heteroatoms. The second-order valence-corrected chi connectivity index (χ2v) is 4.65. The molecule has 0 spiro atoms. The Morgan fingerprint density at radius 2 is 2.26 bits per heavy atom. The molecule has 106 valence electrons. The molecule has 19 heavy (non-hydrogen) atoms. The first-order valence-electron chi connectivity index (χ1n) is 6.02. The summed E-state index contributed by atoms with van der Waals surface area (Å²) in [4.78, 5) is 11.2. The maximum atomic E-state index is 12.3. The Morgan fingerprint density at radius 1 is 1.58 bits per heavy atom. The van der Waals surface area contributed by atoms with Gasteiger partial charge in [0.25, 0.3) is 0 Å². The van der Waals surface area contributed by atoms with Gasteiger partial charge in [0, 0.05) is 18.8 Å². The van der Waals surface area contributed by atoms with Crippen molar-refractivity contribution in [3.05, 3.63) is 18.0 Å². The highest BCUT2D eigenvalue weighted by Gasteiger charge is 2.33. The number of aryl methyl sites for hydroxylation is 1. The van der Waals surface area contributed by atoms with Crippen LogP contribution in [0.2, 0.25) is 0 Å². The minimum Gasteiger partial charge on any atom is -0.368 e. The van der Waals surface area contributed by atoms with Crippen molar-refractivity contribution in [2.24, 2.45) is 5.73 Å². The van der Waals surface area contributed by atoms with Crippen LogP contribution >= 0.6 is 0 Å². The van der Waals surface area contributed by atoms with Crippen LogP contribution in [-0.4, -0.2) is 27.8 Å². The minimum atomic E-state index is -4.44. The van der Waals surface area contributed by atoms with Gasteiger partial charge in [-0.1, -0.05) is 0 Å². The largest absolute Gasteiger partial charge is 0.435 e. The normalized spacial score (nSPS) is 17.4. The lowest BCUT2D eigenvalue weighted by molar-refractivity contribution is -0.141. The number of alkyl halides is 3. The van der Waals surface area contributed by atoms with Gasteiger partial charge in [-0.2, -0.15) is 18.3 Å². The van der Waals surface area contributed by atoms with Gasteiger partial charge in [-0.25, -0.2) is 0 Å². The highest BCUT2D eigenvalue weighted by molar-refractivity contribution is 5.79. The average molecular weight is 276 g/mol. The average Bonchev–Trinajstić information content (AvgIpc) is 2.97. The van der Waals surface area contributed by atoms with Gasteiger partial charge in [-0.15, -0.1) is 0 Å². The van der Waals surface area contributed by atoms with E-state index in [1.54, 1.807) is 0 Å². The number of amides is 1. The van der Waals surface area contributed by atoms with E-state index < -0.39 is 23.8 Å². The van der Waals surface area contributed by atoms with Crippen LogP contribution in [0.3, 0.4) is 0 Å². The van der Waals surface area contributed by atoms with Gasteiger partial charge in [0.05, 0.1) is 6.04 Å². The molecule has 1 atom stereocenters. The number of rotatable bonds is 6. The van der Waals surface area contributed by atoms with Crippen molar-refractivity contribution in [3.63, 3.8) is 0 Å². The molecule has 1 saturated carbocycles. The van der Waals surface area contributed by atoms with Gasteiger partial charge in [-0.3, -0.25) is 9.48 Å². The predicted octanol–water partition coefficient (Wildman–Crippen LogP) is 0.898. The molecule has 1 heterocycles. The van der Waals surface area contributed by atoms with Crippen molar-refractivity contribution in [3.8, 4) is 0 Å². The number of hydrogen-bond donors (Lipinski definition) is 2. The standard InChI is InChI=1S/C11H15F3N4O/c12-11(13,14)9-4-6-18(17-9)5-3-8(10(15)19)16-7-1-2-7/h4,6-8,16H,1-3,5H2,(H2,15,19). The second-order valence-electron chi connectivity index (χ2n) is 4.65. The molecule has 3 N–H and O–H groups in total. The van der Waals surface area contributed by atoms with E-state index in [4.69, 9.17) is 5.73 Å². The minimum absolute atomic E-state index is 0.212. The Kier molecular flexibility index (Phi) is 3.79. The van der Waals surface area contributed by atoms with Crippen molar-refractivity contribution in [1.82, 2.24) is 15.1 Å². The molecule has 5 nitrogen and oxygen atoms in total. The number of aromatic nitrogens is 2. The summed E-state index contributed by atoms with van der Waals surface area (Å²) in [6.07, 6.45) is -0.864. The van der Waals surface area contributed by atoms with E-state index in [0.29, 0.717) is 12.5 Å². The summed E-state index contributed by atoms with van der Waals surface area (Å²) in [6.45, 7) is 0.212. The van der Waals surface area contributed by atoms with Gasteiger partial charge in [-0.05, 0) is 25.3 Å². The van der Waals surface area contributed by atoms with E-state index in [0.717, 1.165) is 18.9 Å². The number of primary amides is 1. The molecule has 1 amide bonds. The Morgan fingerprint density at radius 3 is 2.74 bits per heavy atom. The van der Waals surface area contributed by atoms with Crippen LogP contribution < -0.4 is 11.1 Å². The molecule has 1 aromatic rings.